The third-order valence-corrected chi connectivity index (χ3v) is 3.06. The Kier molecular flexibility index (Phi) is 11.7. The fourth-order valence-electron chi connectivity index (χ4n) is 2.15. The first-order valence-corrected chi connectivity index (χ1v) is 8.61. The number of hydrogen-bond donors (Lipinski definition) is 0. The normalized spacial score (nSPS) is 13.7. The summed E-state index contributed by atoms with van der Waals surface area (Å²) >= 11 is 0. The van der Waals surface area contributed by atoms with Crippen molar-refractivity contribution in [2.45, 2.75) is 54.4 Å². The summed E-state index contributed by atoms with van der Waals surface area (Å²) in [4.78, 5) is 4.19. The molecule has 0 saturated heterocycles. The molecule has 0 fully saturated rings. The zero-order valence-corrected chi connectivity index (χ0v) is 15.1. The Balaban J connectivity index is 0.000000661. The minimum Gasteiger partial charge on any atom is -0.264 e. The van der Waals surface area contributed by atoms with E-state index in [1.165, 1.54) is 22.3 Å². The molecule has 120 valence electrons. The number of hydrogen-bond acceptors (Lipinski definition) is 1. The molecule has 1 aromatic heterocycles. The Labute approximate surface area is 137 Å². The van der Waals surface area contributed by atoms with Gasteiger partial charge in [0.05, 0.1) is 0 Å². The molecule has 1 heterocycles. The molecule has 1 heteroatoms. The first-order valence-electron chi connectivity index (χ1n) is 8.61. The van der Waals surface area contributed by atoms with Crippen LogP contribution in [0.15, 0.2) is 60.0 Å². The highest BCUT2D eigenvalue weighted by Crippen LogP contribution is 2.27. The fourth-order valence-corrected chi connectivity index (χ4v) is 2.15. The predicted octanol–water partition coefficient (Wildman–Crippen LogP) is 6.54. The SMILES string of the molecule is C1=CCC2=CCc3ccncc3C=C2C=C1.CC.CC.CC. The maximum atomic E-state index is 4.19. The van der Waals surface area contributed by atoms with Crippen molar-refractivity contribution in [3.05, 3.63) is 71.1 Å². The van der Waals surface area contributed by atoms with Crippen molar-refractivity contribution in [1.29, 1.82) is 0 Å². The van der Waals surface area contributed by atoms with Crippen molar-refractivity contribution in [1.82, 2.24) is 4.98 Å². The van der Waals surface area contributed by atoms with E-state index in [1.54, 1.807) is 0 Å². The Bertz CT molecular complexity index is 531. The molecule has 0 amide bonds. The molecule has 0 atom stereocenters. The lowest BCUT2D eigenvalue weighted by atomic mass is 10.0. The number of fused-ring (bicyclic) bond motifs is 2. The standard InChI is InChI=1S/C15H13N.3C2H6/c1-2-4-12-6-7-13-8-9-16-11-15(13)10-14(12)5-3-1;3*1-2/h1-3,5-6,8-11H,4,7H2;3*1-2H3. The van der Waals surface area contributed by atoms with Crippen LogP contribution in [0.4, 0.5) is 0 Å². The molecule has 0 bridgehead atoms. The van der Waals surface area contributed by atoms with Gasteiger partial charge in [-0.15, -0.1) is 0 Å². The van der Waals surface area contributed by atoms with E-state index in [0.717, 1.165) is 12.8 Å². The lowest BCUT2D eigenvalue weighted by molar-refractivity contribution is 1.17. The molecule has 0 aromatic carbocycles. The lowest BCUT2D eigenvalue weighted by Gasteiger charge is -2.02. The van der Waals surface area contributed by atoms with Gasteiger partial charge in [-0.25, -0.2) is 0 Å². The van der Waals surface area contributed by atoms with E-state index in [-0.39, 0.29) is 0 Å². The molecule has 2 aliphatic rings. The number of allylic oxidation sites excluding steroid dienone is 7. The monoisotopic (exact) mass is 297 g/mol. The second-order valence-corrected chi connectivity index (χ2v) is 4.10. The molecule has 2 aliphatic carbocycles. The Morgan fingerprint density at radius 3 is 2.36 bits per heavy atom. The van der Waals surface area contributed by atoms with Gasteiger partial charge >= 0.3 is 0 Å². The van der Waals surface area contributed by atoms with Gasteiger partial charge in [-0.3, -0.25) is 4.98 Å². The van der Waals surface area contributed by atoms with Gasteiger partial charge in [0.15, 0.2) is 0 Å². The van der Waals surface area contributed by atoms with Crippen LogP contribution in [-0.4, -0.2) is 4.98 Å². The summed E-state index contributed by atoms with van der Waals surface area (Å²) in [7, 11) is 0. The molecular weight excluding hydrogens is 266 g/mol. The van der Waals surface area contributed by atoms with Crippen molar-refractivity contribution in [3.8, 4) is 0 Å². The van der Waals surface area contributed by atoms with Crippen LogP contribution in [0.2, 0.25) is 0 Å². The fraction of sp³-hybridized carbons (Fsp3) is 0.381. The van der Waals surface area contributed by atoms with E-state index in [4.69, 9.17) is 0 Å². The van der Waals surface area contributed by atoms with Crippen LogP contribution in [0.25, 0.3) is 6.08 Å². The van der Waals surface area contributed by atoms with Crippen LogP contribution in [0.3, 0.4) is 0 Å². The second kappa shape index (κ2) is 12.8. The average Bonchev–Trinajstić information content (AvgIpc) is 2.93. The number of nitrogens with zero attached hydrogens (tertiary/aromatic N) is 1. The Morgan fingerprint density at radius 1 is 0.909 bits per heavy atom. The van der Waals surface area contributed by atoms with Gasteiger partial charge in [0.1, 0.15) is 0 Å². The van der Waals surface area contributed by atoms with Crippen LogP contribution >= 0.6 is 0 Å². The van der Waals surface area contributed by atoms with Crippen molar-refractivity contribution >= 4 is 6.08 Å². The van der Waals surface area contributed by atoms with E-state index in [0.29, 0.717) is 0 Å². The quantitative estimate of drug-likeness (QED) is 0.529. The summed E-state index contributed by atoms with van der Waals surface area (Å²) in [5.41, 5.74) is 5.34. The molecule has 0 saturated carbocycles. The number of pyridine rings is 1. The highest BCUT2D eigenvalue weighted by Gasteiger charge is 2.09. The van der Waals surface area contributed by atoms with Crippen LogP contribution in [-0.2, 0) is 6.42 Å². The van der Waals surface area contributed by atoms with E-state index < -0.39 is 0 Å². The predicted molar refractivity (Wildman–Crippen MR) is 101 cm³/mol. The van der Waals surface area contributed by atoms with Gasteiger partial charge in [0.25, 0.3) is 0 Å². The zero-order chi connectivity index (χ0) is 16.8. The highest BCUT2D eigenvalue weighted by atomic mass is 14.6. The summed E-state index contributed by atoms with van der Waals surface area (Å²) in [6, 6.07) is 2.11. The first-order chi connectivity index (χ1) is 10.9. The maximum absolute atomic E-state index is 4.19. The topological polar surface area (TPSA) is 12.9 Å². The minimum atomic E-state index is 1.01. The van der Waals surface area contributed by atoms with E-state index >= 15 is 0 Å². The molecule has 0 aliphatic heterocycles. The number of aromatic nitrogens is 1. The van der Waals surface area contributed by atoms with Gasteiger partial charge in [-0.2, -0.15) is 0 Å². The maximum Gasteiger partial charge on any atom is 0.0343 e. The summed E-state index contributed by atoms with van der Waals surface area (Å²) in [6.45, 7) is 12.0. The largest absolute Gasteiger partial charge is 0.264 e. The summed E-state index contributed by atoms with van der Waals surface area (Å²) in [5, 5.41) is 0. The van der Waals surface area contributed by atoms with Crippen molar-refractivity contribution < 1.29 is 0 Å². The Morgan fingerprint density at radius 2 is 1.64 bits per heavy atom. The average molecular weight is 297 g/mol. The molecule has 22 heavy (non-hydrogen) atoms. The van der Waals surface area contributed by atoms with Crippen molar-refractivity contribution in [3.63, 3.8) is 0 Å². The van der Waals surface area contributed by atoms with Crippen molar-refractivity contribution in [2.24, 2.45) is 0 Å². The molecule has 0 N–H and O–H groups in total. The van der Waals surface area contributed by atoms with Gasteiger partial charge in [-0.05, 0) is 47.3 Å². The molecule has 0 unspecified atom stereocenters. The van der Waals surface area contributed by atoms with E-state index in [2.05, 4.69) is 47.5 Å². The third kappa shape index (κ3) is 5.85. The van der Waals surface area contributed by atoms with Gasteiger partial charge in [0.2, 0.25) is 0 Å². The van der Waals surface area contributed by atoms with Crippen LogP contribution in [0, 0.1) is 0 Å². The van der Waals surface area contributed by atoms with E-state index in [9.17, 15) is 0 Å². The molecule has 3 rings (SSSR count). The summed E-state index contributed by atoms with van der Waals surface area (Å²) in [6.07, 6.45) is 19.0. The molecule has 1 aromatic rings. The zero-order valence-electron chi connectivity index (χ0n) is 15.1. The van der Waals surface area contributed by atoms with Gasteiger partial charge in [-0.1, -0.05) is 71.9 Å². The van der Waals surface area contributed by atoms with Crippen LogP contribution < -0.4 is 0 Å². The van der Waals surface area contributed by atoms with Gasteiger partial charge < -0.3 is 0 Å². The minimum absolute atomic E-state index is 1.01. The number of rotatable bonds is 0. The molecule has 0 spiro atoms. The van der Waals surface area contributed by atoms with Crippen LogP contribution in [0.1, 0.15) is 59.1 Å². The molecule has 1 nitrogen and oxygen atoms in total. The van der Waals surface area contributed by atoms with Crippen LogP contribution in [0.5, 0.6) is 0 Å². The van der Waals surface area contributed by atoms with E-state index in [1.807, 2.05) is 53.9 Å². The summed E-state index contributed by atoms with van der Waals surface area (Å²) in [5.74, 6) is 0. The third-order valence-electron chi connectivity index (χ3n) is 3.06. The molecule has 0 radical (unpaired) electrons. The molecular formula is C21H31N. The smallest absolute Gasteiger partial charge is 0.0343 e. The Hall–Kier alpha value is -1.89. The van der Waals surface area contributed by atoms with Gasteiger partial charge in [0, 0.05) is 12.4 Å². The highest BCUT2D eigenvalue weighted by molar-refractivity contribution is 5.67. The lowest BCUT2D eigenvalue weighted by Crippen LogP contribution is -1.86. The summed E-state index contributed by atoms with van der Waals surface area (Å²) < 4.78 is 0. The van der Waals surface area contributed by atoms with Crippen molar-refractivity contribution in [2.75, 3.05) is 0 Å². The second-order valence-electron chi connectivity index (χ2n) is 4.10. The first kappa shape index (κ1) is 20.1.